The van der Waals surface area contributed by atoms with Crippen LogP contribution in [0.25, 0.3) is 11.3 Å². The van der Waals surface area contributed by atoms with Crippen LogP contribution in [0.1, 0.15) is 12.0 Å². The number of nitrogens with zero attached hydrogens (tertiary/aromatic N) is 4. The smallest absolute Gasteiger partial charge is 0.226 e. The summed E-state index contributed by atoms with van der Waals surface area (Å²) in [5.74, 6) is -4.16. The molecule has 2 N–H and O–H groups in total. The number of nitrogens with one attached hydrogen (secondary N) is 2. The van der Waals surface area contributed by atoms with Gasteiger partial charge in [0.1, 0.15) is 18.4 Å². The first kappa shape index (κ1) is 23.6. The molecule has 1 unspecified atom stereocenters. The van der Waals surface area contributed by atoms with Crippen molar-refractivity contribution < 1.29 is 27.4 Å². The fourth-order valence-corrected chi connectivity index (χ4v) is 3.54. The van der Waals surface area contributed by atoms with Crippen molar-refractivity contribution >= 4 is 11.7 Å². The molecule has 180 valence electrons. The van der Waals surface area contributed by atoms with Crippen LogP contribution in [-0.2, 0) is 16.0 Å². The normalized spacial score (nSPS) is 16.4. The molecule has 1 aliphatic rings. The number of hydrogen-bond donors (Lipinski definition) is 2. The monoisotopic (exact) mass is 476 g/mol. The van der Waals surface area contributed by atoms with E-state index in [1.807, 2.05) is 7.05 Å². The van der Waals surface area contributed by atoms with Crippen molar-refractivity contribution in [2.75, 3.05) is 38.7 Å². The number of aryl methyl sites for hydroxylation is 1. The summed E-state index contributed by atoms with van der Waals surface area (Å²) in [5, 5.41) is 17.3. The third-order valence-electron chi connectivity index (χ3n) is 5.29. The molecule has 1 saturated heterocycles. The van der Waals surface area contributed by atoms with Crippen LogP contribution in [0, 0.1) is 17.5 Å². The van der Waals surface area contributed by atoms with E-state index in [0.717, 1.165) is 18.7 Å². The Labute approximate surface area is 193 Å². The second-order valence-corrected chi connectivity index (χ2v) is 7.90. The molecular weight excluding hydrogens is 453 g/mol. The fourth-order valence-electron chi connectivity index (χ4n) is 3.54. The van der Waals surface area contributed by atoms with Crippen molar-refractivity contribution in [2.24, 2.45) is 0 Å². The largest absolute Gasteiger partial charge is 0.485 e. The molecule has 1 aliphatic heterocycles. The van der Waals surface area contributed by atoms with Gasteiger partial charge in [0, 0.05) is 25.1 Å². The van der Waals surface area contributed by atoms with Gasteiger partial charge in [-0.05, 0) is 37.2 Å². The summed E-state index contributed by atoms with van der Waals surface area (Å²) in [6, 6.07) is 3.44. The van der Waals surface area contributed by atoms with Gasteiger partial charge in [0.25, 0.3) is 0 Å². The van der Waals surface area contributed by atoms with Gasteiger partial charge in [0.2, 0.25) is 5.91 Å². The molecule has 1 amide bonds. The van der Waals surface area contributed by atoms with Gasteiger partial charge < -0.3 is 19.7 Å². The third-order valence-corrected chi connectivity index (χ3v) is 5.29. The van der Waals surface area contributed by atoms with E-state index in [1.54, 1.807) is 6.07 Å². The summed E-state index contributed by atoms with van der Waals surface area (Å²) in [5.41, 5.74) is 1.31. The zero-order valence-electron chi connectivity index (χ0n) is 18.4. The molecule has 1 aromatic carbocycles. The standard InChI is InChI=1S/C22H23F3N6O3/c1-31-6-7-33-15(11-31)12-34-21-20(14-4-5-26-27-10-14)29-30-22(21)28-18(32)3-2-13-8-16(23)19(25)17(24)9-13/h4-5,8-10,15H,2-3,6-7,11-12H2,1H3,(H2,28,29,30,32). The Bertz CT molecular complexity index is 1120. The Morgan fingerprint density at radius 2 is 2.09 bits per heavy atom. The van der Waals surface area contributed by atoms with Crippen LogP contribution in [0.2, 0.25) is 0 Å². The van der Waals surface area contributed by atoms with Crippen molar-refractivity contribution in [3.05, 3.63) is 53.6 Å². The number of halogens is 3. The first-order chi connectivity index (χ1) is 16.4. The van der Waals surface area contributed by atoms with Gasteiger partial charge in [-0.25, -0.2) is 13.2 Å². The zero-order valence-corrected chi connectivity index (χ0v) is 18.4. The number of aromatic amines is 1. The number of anilines is 1. The molecule has 3 aromatic rings. The number of H-pyrrole nitrogens is 1. The number of ether oxygens (including phenoxy) is 2. The Morgan fingerprint density at radius 1 is 1.29 bits per heavy atom. The van der Waals surface area contributed by atoms with Gasteiger partial charge in [-0.2, -0.15) is 15.3 Å². The maximum atomic E-state index is 13.4. The van der Waals surface area contributed by atoms with Gasteiger partial charge in [0.05, 0.1) is 19.0 Å². The highest BCUT2D eigenvalue weighted by Gasteiger charge is 2.23. The predicted octanol–water partition coefficient (Wildman–Crippen LogP) is 2.56. The molecule has 0 bridgehead atoms. The van der Waals surface area contributed by atoms with E-state index in [1.165, 1.54) is 12.4 Å². The van der Waals surface area contributed by atoms with Gasteiger partial charge in [-0.15, -0.1) is 0 Å². The average Bonchev–Trinajstić information content (AvgIpc) is 3.22. The van der Waals surface area contributed by atoms with Crippen LogP contribution in [0.15, 0.2) is 30.6 Å². The number of carbonyl (C=O) groups excluding carboxylic acids is 1. The van der Waals surface area contributed by atoms with Crippen molar-refractivity contribution in [2.45, 2.75) is 18.9 Å². The van der Waals surface area contributed by atoms with Crippen LogP contribution in [-0.4, -0.2) is 70.7 Å². The number of amides is 1. The molecule has 0 radical (unpaired) electrons. The lowest BCUT2D eigenvalue weighted by Gasteiger charge is -2.29. The van der Waals surface area contributed by atoms with E-state index >= 15 is 0 Å². The Kier molecular flexibility index (Phi) is 7.38. The van der Waals surface area contributed by atoms with Crippen LogP contribution in [0.5, 0.6) is 5.75 Å². The minimum absolute atomic E-state index is 0.00392. The van der Waals surface area contributed by atoms with Crippen LogP contribution in [0.3, 0.4) is 0 Å². The maximum absolute atomic E-state index is 13.4. The number of morpholine rings is 1. The molecule has 12 heteroatoms. The molecule has 0 saturated carbocycles. The van der Waals surface area contributed by atoms with Gasteiger partial charge in [0.15, 0.2) is 29.0 Å². The Balaban J connectivity index is 1.46. The maximum Gasteiger partial charge on any atom is 0.226 e. The summed E-state index contributed by atoms with van der Waals surface area (Å²) in [6.07, 6.45) is 2.76. The van der Waals surface area contributed by atoms with Crippen molar-refractivity contribution in [1.29, 1.82) is 0 Å². The van der Waals surface area contributed by atoms with E-state index in [4.69, 9.17) is 9.47 Å². The fraction of sp³-hybridized carbons (Fsp3) is 0.364. The number of rotatable bonds is 8. The van der Waals surface area contributed by atoms with E-state index in [-0.39, 0.29) is 36.9 Å². The average molecular weight is 476 g/mol. The first-order valence-corrected chi connectivity index (χ1v) is 10.6. The quantitative estimate of drug-likeness (QED) is 0.482. The SMILES string of the molecule is CN1CCOC(COc2c(NC(=O)CCc3cc(F)c(F)c(F)c3)n[nH]c2-c2ccnnc2)C1. The van der Waals surface area contributed by atoms with E-state index in [2.05, 4.69) is 30.6 Å². The highest BCUT2D eigenvalue weighted by Crippen LogP contribution is 2.34. The Morgan fingerprint density at radius 3 is 2.79 bits per heavy atom. The molecule has 34 heavy (non-hydrogen) atoms. The van der Waals surface area contributed by atoms with Crippen molar-refractivity contribution in [3.8, 4) is 17.0 Å². The van der Waals surface area contributed by atoms with Crippen molar-refractivity contribution in [3.63, 3.8) is 0 Å². The first-order valence-electron chi connectivity index (χ1n) is 10.6. The van der Waals surface area contributed by atoms with Crippen LogP contribution >= 0.6 is 0 Å². The van der Waals surface area contributed by atoms with E-state index in [9.17, 15) is 18.0 Å². The lowest BCUT2D eigenvalue weighted by atomic mass is 10.1. The molecule has 1 atom stereocenters. The second kappa shape index (κ2) is 10.6. The lowest BCUT2D eigenvalue weighted by Crippen LogP contribution is -2.42. The molecule has 4 rings (SSSR count). The topological polar surface area (TPSA) is 105 Å². The summed E-state index contributed by atoms with van der Waals surface area (Å²) in [7, 11) is 1.99. The summed E-state index contributed by atoms with van der Waals surface area (Å²) in [4.78, 5) is 14.7. The number of likely N-dealkylation sites (N-methyl/N-ethyl adjacent to an activating group) is 1. The van der Waals surface area contributed by atoms with Gasteiger partial charge >= 0.3 is 0 Å². The number of benzene rings is 1. The molecule has 3 heterocycles. The molecule has 1 fully saturated rings. The van der Waals surface area contributed by atoms with E-state index in [0.29, 0.717) is 30.2 Å². The highest BCUT2D eigenvalue weighted by atomic mass is 19.2. The molecule has 0 spiro atoms. The van der Waals surface area contributed by atoms with Crippen LogP contribution in [0.4, 0.5) is 19.0 Å². The second-order valence-electron chi connectivity index (χ2n) is 7.90. The highest BCUT2D eigenvalue weighted by molar-refractivity contribution is 5.92. The third kappa shape index (κ3) is 5.69. The van der Waals surface area contributed by atoms with Crippen LogP contribution < -0.4 is 10.1 Å². The summed E-state index contributed by atoms with van der Waals surface area (Å²) in [6.45, 7) is 2.34. The summed E-state index contributed by atoms with van der Waals surface area (Å²) < 4.78 is 51.7. The van der Waals surface area contributed by atoms with E-state index < -0.39 is 23.4 Å². The zero-order chi connectivity index (χ0) is 24.1. The molecule has 0 aliphatic carbocycles. The van der Waals surface area contributed by atoms with Gasteiger partial charge in [-0.1, -0.05) is 0 Å². The Hall–Kier alpha value is -3.51. The lowest BCUT2D eigenvalue weighted by molar-refractivity contribution is -0.116. The molecular formula is C22H23F3N6O3. The molecule has 9 nitrogen and oxygen atoms in total. The number of aromatic nitrogens is 4. The minimum Gasteiger partial charge on any atom is -0.485 e. The van der Waals surface area contributed by atoms with Crippen molar-refractivity contribution in [1.82, 2.24) is 25.3 Å². The predicted molar refractivity (Wildman–Crippen MR) is 116 cm³/mol. The molecule has 2 aromatic heterocycles. The number of carbonyl (C=O) groups is 1. The summed E-state index contributed by atoms with van der Waals surface area (Å²) >= 11 is 0. The van der Waals surface area contributed by atoms with Gasteiger partial charge in [-0.3, -0.25) is 9.89 Å². The minimum atomic E-state index is -1.54. The number of hydrogen-bond acceptors (Lipinski definition) is 7.